The van der Waals surface area contributed by atoms with Crippen molar-refractivity contribution in [3.05, 3.63) is 0 Å². The van der Waals surface area contributed by atoms with Crippen LogP contribution < -0.4 is 5.32 Å². The van der Waals surface area contributed by atoms with Crippen molar-refractivity contribution in [3.8, 4) is 6.07 Å². The van der Waals surface area contributed by atoms with Crippen molar-refractivity contribution in [2.24, 2.45) is 0 Å². The lowest BCUT2D eigenvalue weighted by Crippen LogP contribution is -2.42. The largest absolute Gasteiger partial charge is 0.391 e. The summed E-state index contributed by atoms with van der Waals surface area (Å²) < 4.78 is 40.3. The molecule has 3 nitrogen and oxygen atoms in total. The molecule has 100 valence electrons. The molecule has 0 bridgehead atoms. The molecule has 1 N–H and O–H groups in total. The number of rotatable bonds is 8. The minimum atomic E-state index is -4.18. The highest BCUT2D eigenvalue weighted by atomic mass is 19.4. The standard InChI is InChI=1S/C11H19F3N2O/c1-3-6-16-10(2,9-15)4-7-17-8-5-11(12,13)14/h16H,3-8H2,1-2H3. The average Bonchev–Trinajstić information content (AvgIpc) is 2.24. The molecule has 0 aliphatic rings. The Morgan fingerprint density at radius 2 is 1.82 bits per heavy atom. The van der Waals surface area contributed by atoms with Gasteiger partial charge in [-0.05, 0) is 19.9 Å². The molecule has 0 spiro atoms. The van der Waals surface area contributed by atoms with Crippen LogP contribution in [0.5, 0.6) is 0 Å². The van der Waals surface area contributed by atoms with E-state index in [4.69, 9.17) is 10.00 Å². The van der Waals surface area contributed by atoms with E-state index in [0.29, 0.717) is 13.0 Å². The highest BCUT2D eigenvalue weighted by molar-refractivity contribution is 5.03. The zero-order valence-corrected chi connectivity index (χ0v) is 10.2. The van der Waals surface area contributed by atoms with Gasteiger partial charge in [-0.2, -0.15) is 18.4 Å². The van der Waals surface area contributed by atoms with Gasteiger partial charge in [0.2, 0.25) is 0 Å². The summed E-state index contributed by atoms with van der Waals surface area (Å²) in [5.41, 5.74) is -0.728. The predicted octanol–water partition coefficient (Wildman–Crippen LogP) is 2.63. The maximum atomic E-state index is 11.8. The van der Waals surface area contributed by atoms with Crippen LogP contribution in [0.4, 0.5) is 13.2 Å². The fourth-order valence-electron chi connectivity index (χ4n) is 1.15. The molecule has 1 unspecified atom stereocenters. The van der Waals surface area contributed by atoms with Crippen LogP contribution in [0.3, 0.4) is 0 Å². The van der Waals surface area contributed by atoms with Crippen LogP contribution in [-0.4, -0.2) is 31.5 Å². The SMILES string of the molecule is CCCNC(C)(C#N)CCOCCC(F)(F)F. The number of halogens is 3. The van der Waals surface area contributed by atoms with Gasteiger partial charge in [-0.25, -0.2) is 0 Å². The first-order valence-corrected chi connectivity index (χ1v) is 5.64. The minimum absolute atomic E-state index is 0.150. The lowest BCUT2D eigenvalue weighted by Gasteiger charge is -2.22. The number of ether oxygens (including phenoxy) is 1. The molecular weight excluding hydrogens is 233 g/mol. The summed E-state index contributed by atoms with van der Waals surface area (Å²) in [5.74, 6) is 0. The lowest BCUT2D eigenvalue weighted by molar-refractivity contribution is -0.145. The van der Waals surface area contributed by atoms with Crippen molar-refractivity contribution in [1.29, 1.82) is 5.26 Å². The molecule has 0 aromatic carbocycles. The topological polar surface area (TPSA) is 45.0 Å². The number of hydrogen-bond donors (Lipinski definition) is 1. The fraction of sp³-hybridized carbons (Fsp3) is 0.909. The van der Waals surface area contributed by atoms with E-state index >= 15 is 0 Å². The highest BCUT2D eigenvalue weighted by Gasteiger charge is 2.27. The second-order valence-corrected chi connectivity index (χ2v) is 4.10. The normalized spacial score (nSPS) is 15.3. The van der Waals surface area contributed by atoms with Crippen LogP contribution in [0.2, 0.25) is 0 Å². The third kappa shape index (κ3) is 8.95. The second kappa shape index (κ2) is 7.51. The first-order valence-electron chi connectivity index (χ1n) is 5.64. The molecule has 0 aromatic rings. The Morgan fingerprint density at radius 1 is 1.24 bits per heavy atom. The third-order valence-electron chi connectivity index (χ3n) is 2.29. The molecule has 6 heteroatoms. The molecule has 0 saturated heterocycles. The Balaban J connectivity index is 3.74. The number of nitrogens with zero attached hydrogens (tertiary/aromatic N) is 1. The van der Waals surface area contributed by atoms with Crippen molar-refractivity contribution in [1.82, 2.24) is 5.32 Å². The smallest absolute Gasteiger partial charge is 0.381 e. The van der Waals surface area contributed by atoms with E-state index in [2.05, 4.69) is 11.4 Å². The number of nitriles is 1. The van der Waals surface area contributed by atoms with Crippen molar-refractivity contribution in [3.63, 3.8) is 0 Å². The van der Waals surface area contributed by atoms with Gasteiger partial charge in [0.25, 0.3) is 0 Å². The zero-order chi connectivity index (χ0) is 13.4. The van der Waals surface area contributed by atoms with E-state index in [1.54, 1.807) is 6.92 Å². The summed E-state index contributed by atoms with van der Waals surface area (Å²) >= 11 is 0. The molecule has 0 aliphatic carbocycles. The summed E-state index contributed by atoms with van der Waals surface area (Å²) in [4.78, 5) is 0. The van der Waals surface area contributed by atoms with Crippen molar-refractivity contribution < 1.29 is 17.9 Å². The van der Waals surface area contributed by atoms with Crippen LogP contribution in [0, 0.1) is 11.3 Å². The molecule has 0 amide bonds. The van der Waals surface area contributed by atoms with Gasteiger partial charge >= 0.3 is 6.18 Å². The summed E-state index contributed by atoms with van der Waals surface area (Å²) in [5, 5.41) is 12.0. The van der Waals surface area contributed by atoms with E-state index in [1.165, 1.54) is 0 Å². The van der Waals surface area contributed by atoms with Crippen molar-refractivity contribution >= 4 is 0 Å². The van der Waals surface area contributed by atoms with Crippen LogP contribution in [0.25, 0.3) is 0 Å². The van der Waals surface area contributed by atoms with E-state index in [0.717, 1.165) is 6.42 Å². The Bertz CT molecular complexity index is 250. The lowest BCUT2D eigenvalue weighted by atomic mass is 10.0. The summed E-state index contributed by atoms with van der Waals surface area (Å²) in [7, 11) is 0. The fourth-order valence-corrected chi connectivity index (χ4v) is 1.15. The maximum absolute atomic E-state index is 11.8. The summed E-state index contributed by atoms with van der Waals surface area (Å²) in [6.07, 6.45) is -3.86. The molecule has 0 fully saturated rings. The van der Waals surface area contributed by atoms with Crippen LogP contribution >= 0.6 is 0 Å². The zero-order valence-electron chi connectivity index (χ0n) is 10.2. The molecule has 0 heterocycles. The first kappa shape index (κ1) is 16.2. The molecular formula is C11H19F3N2O. The van der Waals surface area contributed by atoms with Gasteiger partial charge in [0.15, 0.2) is 0 Å². The number of alkyl halides is 3. The van der Waals surface area contributed by atoms with E-state index in [1.807, 2.05) is 6.92 Å². The quantitative estimate of drug-likeness (QED) is 0.675. The second-order valence-electron chi connectivity index (χ2n) is 4.10. The number of hydrogen-bond acceptors (Lipinski definition) is 3. The Morgan fingerprint density at radius 3 is 2.29 bits per heavy atom. The molecule has 0 saturated carbocycles. The van der Waals surface area contributed by atoms with Gasteiger partial charge in [0.05, 0.1) is 19.1 Å². The van der Waals surface area contributed by atoms with Gasteiger partial charge in [-0.1, -0.05) is 6.92 Å². The van der Waals surface area contributed by atoms with Crippen LogP contribution in [-0.2, 0) is 4.74 Å². The minimum Gasteiger partial charge on any atom is -0.381 e. The molecule has 0 radical (unpaired) electrons. The van der Waals surface area contributed by atoms with Gasteiger partial charge in [0, 0.05) is 13.0 Å². The van der Waals surface area contributed by atoms with Crippen molar-refractivity contribution in [2.75, 3.05) is 19.8 Å². The first-order chi connectivity index (χ1) is 7.83. The molecule has 0 aliphatic heterocycles. The molecule has 1 atom stereocenters. The van der Waals surface area contributed by atoms with E-state index < -0.39 is 18.1 Å². The highest BCUT2D eigenvalue weighted by Crippen LogP contribution is 2.19. The van der Waals surface area contributed by atoms with Gasteiger partial charge in [-0.15, -0.1) is 0 Å². The Labute approximate surface area is 99.9 Å². The van der Waals surface area contributed by atoms with Crippen LogP contribution in [0.1, 0.15) is 33.1 Å². The average molecular weight is 252 g/mol. The van der Waals surface area contributed by atoms with Gasteiger partial charge in [0.1, 0.15) is 5.54 Å². The van der Waals surface area contributed by atoms with E-state index in [-0.39, 0.29) is 13.2 Å². The Kier molecular flexibility index (Phi) is 7.16. The third-order valence-corrected chi connectivity index (χ3v) is 2.29. The van der Waals surface area contributed by atoms with E-state index in [9.17, 15) is 13.2 Å². The van der Waals surface area contributed by atoms with Gasteiger partial charge in [-0.3, -0.25) is 5.32 Å². The van der Waals surface area contributed by atoms with Crippen LogP contribution in [0.15, 0.2) is 0 Å². The monoisotopic (exact) mass is 252 g/mol. The van der Waals surface area contributed by atoms with Gasteiger partial charge < -0.3 is 4.74 Å². The van der Waals surface area contributed by atoms with Crippen molar-refractivity contribution in [2.45, 2.75) is 44.8 Å². The Hall–Kier alpha value is -0.800. The molecule has 17 heavy (non-hydrogen) atoms. The number of nitrogens with one attached hydrogen (secondary N) is 1. The molecule has 0 rings (SSSR count). The maximum Gasteiger partial charge on any atom is 0.391 e. The summed E-state index contributed by atoms with van der Waals surface area (Å²) in [6, 6.07) is 2.11. The summed E-state index contributed by atoms with van der Waals surface area (Å²) in [6.45, 7) is 4.20. The molecule has 0 aromatic heterocycles. The predicted molar refractivity (Wildman–Crippen MR) is 58.4 cm³/mol.